The fraction of sp³-hybridized carbons (Fsp3) is 0.154. The number of benzene rings is 1. The van der Waals surface area contributed by atoms with Gasteiger partial charge in [-0.3, -0.25) is 4.98 Å². The van der Waals surface area contributed by atoms with E-state index >= 15 is 0 Å². The molecule has 1 heteroatoms. The maximum Gasteiger partial charge on any atom is 1.00 e. The quantitative estimate of drug-likeness (QED) is 0.699. The lowest BCUT2D eigenvalue weighted by molar-refractivity contribution is 1.06. The van der Waals surface area contributed by atoms with E-state index in [9.17, 15) is 0 Å². The monoisotopic (exact) mass is 184 g/mol. The fourth-order valence-corrected chi connectivity index (χ4v) is 1.51. The largest absolute Gasteiger partial charge is 1.00 e. The molecule has 1 aromatic heterocycles. The molecule has 2 rings (SSSR count). The SMILES string of the molecule is Cc1ccccc1Cc1ccccn1.[H+]. The van der Waals surface area contributed by atoms with Gasteiger partial charge in [-0.05, 0) is 30.2 Å². The van der Waals surface area contributed by atoms with Gasteiger partial charge in [0.2, 0.25) is 0 Å². The molecule has 0 unspecified atom stereocenters. The van der Waals surface area contributed by atoms with E-state index in [-0.39, 0.29) is 1.43 Å². The molecule has 0 bridgehead atoms. The Hall–Kier alpha value is -1.63. The minimum atomic E-state index is 0. The lowest BCUT2D eigenvalue weighted by Crippen LogP contribution is -1.93. The van der Waals surface area contributed by atoms with Gasteiger partial charge in [0, 0.05) is 18.3 Å². The Bertz CT molecular complexity index is 412. The van der Waals surface area contributed by atoms with Gasteiger partial charge in [0.05, 0.1) is 0 Å². The van der Waals surface area contributed by atoms with Crippen LogP contribution in [0.15, 0.2) is 48.7 Å². The summed E-state index contributed by atoms with van der Waals surface area (Å²) in [6, 6.07) is 14.5. The van der Waals surface area contributed by atoms with Crippen LogP contribution < -0.4 is 0 Å². The van der Waals surface area contributed by atoms with E-state index < -0.39 is 0 Å². The Morgan fingerprint density at radius 1 is 1.07 bits per heavy atom. The van der Waals surface area contributed by atoms with Crippen LogP contribution in [0.3, 0.4) is 0 Å². The summed E-state index contributed by atoms with van der Waals surface area (Å²) in [4.78, 5) is 4.32. The molecule has 0 atom stereocenters. The molecule has 2 aromatic rings. The van der Waals surface area contributed by atoms with Gasteiger partial charge >= 0.3 is 1.43 Å². The van der Waals surface area contributed by atoms with Crippen molar-refractivity contribution >= 4 is 0 Å². The highest BCUT2D eigenvalue weighted by Gasteiger charge is 1.98. The van der Waals surface area contributed by atoms with E-state index in [0.717, 1.165) is 12.1 Å². The Labute approximate surface area is 85.9 Å². The Balaban J connectivity index is 0.00000112. The molecule has 0 saturated heterocycles. The summed E-state index contributed by atoms with van der Waals surface area (Å²) >= 11 is 0. The Morgan fingerprint density at radius 3 is 2.57 bits per heavy atom. The van der Waals surface area contributed by atoms with E-state index in [1.165, 1.54) is 11.1 Å². The first-order valence-corrected chi connectivity index (χ1v) is 4.80. The second kappa shape index (κ2) is 4.05. The zero-order valence-corrected chi connectivity index (χ0v) is 8.27. The van der Waals surface area contributed by atoms with E-state index in [4.69, 9.17) is 0 Å². The molecule has 14 heavy (non-hydrogen) atoms. The van der Waals surface area contributed by atoms with Crippen LogP contribution >= 0.6 is 0 Å². The van der Waals surface area contributed by atoms with Crippen molar-refractivity contribution in [1.29, 1.82) is 0 Å². The van der Waals surface area contributed by atoms with Gasteiger partial charge in [-0.25, -0.2) is 0 Å². The van der Waals surface area contributed by atoms with Gasteiger partial charge in [0.15, 0.2) is 0 Å². The molecule has 0 N–H and O–H groups in total. The lowest BCUT2D eigenvalue weighted by atomic mass is 10.0. The van der Waals surface area contributed by atoms with Crippen LogP contribution in [-0.2, 0) is 6.42 Å². The number of hydrogen-bond acceptors (Lipinski definition) is 1. The first-order chi connectivity index (χ1) is 6.86. The summed E-state index contributed by atoms with van der Waals surface area (Å²) in [5, 5.41) is 0. The maximum absolute atomic E-state index is 4.32. The molecule has 0 aliphatic rings. The number of hydrogen-bond donors (Lipinski definition) is 0. The summed E-state index contributed by atoms with van der Waals surface area (Å²) in [6.07, 6.45) is 2.76. The number of nitrogens with zero attached hydrogens (tertiary/aromatic N) is 1. The highest BCUT2D eigenvalue weighted by Crippen LogP contribution is 2.11. The van der Waals surface area contributed by atoms with E-state index in [0.29, 0.717) is 0 Å². The molecule has 0 aliphatic carbocycles. The number of pyridine rings is 1. The van der Waals surface area contributed by atoms with Crippen LogP contribution in [0.4, 0.5) is 0 Å². The minimum Gasteiger partial charge on any atom is -0.261 e. The minimum absolute atomic E-state index is 0. The van der Waals surface area contributed by atoms with E-state index in [1.54, 1.807) is 0 Å². The second-order valence-corrected chi connectivity index (χ2v) is 3.42. The van der Waals surface area contributed by atoms with Crippen molar-refractivity contribution < 1.29 is 1.43 Å². The summed E-state index contributed by atoms with van der Waals surface area (Å²) in [5.74, 6) is 0. The zero-order valence-electron chi connectivity index (χ0n) is 9.27. The summed E-state index contributed by atoms with van der Waals surface area (Å²) in [7, 11) is 0. The molecule has 1 aromatic carbocycles. The van der Waals surface area contributed by atoms with Crippen molar-refractivity contribution in [2.24, 2.45) is 0 Å². The van der Waals surface area contributed by atoms with Crippen LogP contribution in [0, 0.1) is 6.92 Å². The second-order valence-electron chi connectivity index (χ2n) is 3.42. The third kappa shape index (κ3) is 1.99. The first kappa shape index (κ1) is 8.95. The first-order valence-electron chi connectivity index (χ1n) is 4.80. The summed E-state index contributed by atoms with van der Waals surface area (Å²) in [5.41, 5.74) is 3.81. The maximum atomic E-state index is 4.32. The highest BCUT2D eigenvalue weighted by molar-refractivity contribution is 5.29. The van der Waals surface area contributed by atoms with Crippen LogP contribution in [0.2, 0.25) is 0 Å². The van der Waals surface area contributed by atoms with Crippen molar-refractivity contribution in [2.45, 2.75) is 13.3 Å². The van der Waals surface area contributed by atoms with Gasteiger partial charge in [-0.15, -0.1) is 0 Å². The molecule has 1 nitrogen and oxygen atoms in total. The van der Waals surface area contributed by atoms with Crippen molar-refractivity contribution in [1.82, 2.24) is 4.98 Å². The fourth-order valence-electron chi connectivity index (χ4n) is 1.51. The van der Waals surface area contributed by atoms with Gasteiger partial charge < -0.3 is 0 Å². The molecule has 0 amide bonds. The van der Waals surface area contributed by atoms with Crippen molar-refractivity contribution in [3.63, 3.8) is 0 Å². The van der Waals surface area contributed by atoms with Crippen molar-refractivity contribution in [2.75, 3.05) is 0 Å². The lowest BCUT2D eigenvalue weighted by Gasteiger charge is -2.03. The predicted molar refractivity (Wildman–Crippen MR) is 59.3 cm³/mol. The average Bonchev–Trinajstić information content (AvgIpc) is 2.23. The van der Waals surface area contributed by atoms with Crippen LogP contribution in [0.1, 0.15) is 18.2 Å². The van der Waals surface area contributed by atoms with E-state index in [1.807, 2.05) is 18.3 Å². The molecule has 0 radical (unpaired) electrons. The standard InChI is InChI=1S/C13H13N/c1-11-6-2-3-7-12(11)10-13-8-4-5-9-14-13/h2-9H,10H2,1H3/p+1. The van der Waals surface area contributed by atoms with Crippen molar-refractivity contribution in [3.8, 4) is 0 Å². The molecule has 70 valence electrons. The third-order valence-corrected chi connectivity index (χ3v) is 2.36. The van der Waals surface area contributed by atoms with Gasteiger partial charge in [-0.2, -0.15) is 0 Å². The molecule has 0 spiro atoms. The number of rotatable bonds is 2. The summed E-state index contributed by atoms with van der Waals surface area (Å²) < 4.78 is 0. The van der Waals surface area contributed by atoms with Gasteiger partial charge in [-0.1, -0.05) is 30.3 Å². The van der Waals surface area contributed by atoms with E-state index in [2.05, 4.69) is 42.2 Å². The van der Waals surface area contributed by atoms with Gasteiger partial charge in [0.25, 0.3) is 0 Å². The average molecular weight is 184 g/mol. The molecule has 0 saturated carbocycles. The van der Waals surface area contributed by atoms with Crippen LogP contribution in [0.25, 0.3) is 0 Å². The molecule has 0 fully saturated rings. The predicted octanol–water partition coefficient (Wildman–Crippen LogP) is 3.09. The van der Waals surface area contributed by atoms with Crippen LogP contribution in [0.5, 0.6) is 0 Å². The Kier molecular flexibility index (Phi) is 2.59. The topological polar surface area (TPSA) is 12.9 Å². The summed E-state index contributed by atoms with van der Waals surface area (Å²) in [6.45, 7) is 2.14. The zero-order chi connectivity index (χ0) is 9.80. The normalized spacial score (nSPS) is 10.1. The molecular weight excluding hydrogens is 170 g/mol. The highest BCUT2D eigenvalue weighted by atomic mass is 14.7. The van der Waals surface area contributed by atoms with Crippen LogP contribution in [-0.4, -0.2) is 4.98 Å². The smallest absolute Gasteiger partial charge is 0.261 e. The van der Waals surface area contributed by atoms with Gasteiger partial charge in [0.1, 0.15) is 0 Å². The molecular formula is C13H14N+. The molecule has 0 aliphatic heterocycles. The number of aryl methyl sites for hydroxylation is 1. The third-order valence-electron chi connectivity index (χ3n) is 2.36. The molecule has 1 heterocycles. The number of aromatic nitrogens is 1. The Morgan fingerprint density at radius 2 is 1.86 bits per heavy atom. The van der Waals surface area contributed by atoms with Crippen molar-refractivity contribution in [3.05, 3.63) is 65.5 Å².